The second-order valence-corrected chi connectivity index (χ2v) is 6.54. The summed E-state index contributed by atoms with van der Waals surface area (Å²) in [6, 6.07) is 6.71. The number of hydrogen-bond acceptors (Lipinski definition) is 7. The van der Waals surface area contributed by atoms with E-state index in [1.165, 1.54) is 6.08 Å². The molecule has 0 unspecified atom stereocenters. The molecule has 0 radical (unpaired) electrons. The Kier molecular flexibility index (Phi) is 7.03. The number of aliphatic hydroxyl groups excluding tert-OH is 1. The summed E-state index contributed by atoms with van der Waals surface area (Å²) >= 11 is 0. The fraction of sp³-hybridized carbons (Fsp3) is 0.450. The van der Waals surface area contributed by atoms with Crippen LogP contribution in [0.15, 0.2) is 36.2 Å². The first-order chi connectivity index (χ1) is 12.9. The lowest BCUT2D eigenvalue weighted by Gasteiger charge is -2.42. The Morgan fingerprint density at radius 3 is 2.93 bits per heavy atom. The quantitative estimate of drug-likeness (QED) is 0.409. The van der Waals surface area contributed by atoms with E-state index in [2.05, 4.69) is 11.4 Å². The number of benzene rings is 1. The van der Waals surface area contributed by atoms with Gasteiger partial charge in [-0.05, 0) is 39.0 Å². The second kappa shape index (κ2) is 9.24. The Labute approximate surface area is 158 Å². The number of ether oxygens (including phenoxy) is 3. The minimum Gasteiger partial charge on any atom is -0.494 e. The lowest BCUT2D eigenvalue weighted by atomic mass is 9.86. The summed E-state index contributed by atoms with van der Waals surface area (Å²) in [6.45, 7) is 6.19. The van der Waals surface area contributed by atoms with Crippen LogP contribution in [0.3, 0.4) is 0 Å². The summed E-state index contributed by atoms with van der Waals surface area (Å²) in [5, 5.41) is 23.1. The third kappa shape index (κ3) is 5.11. The van der Waals surface area contributed by atoms with Gasteiger partial charge in [-0.1, -0.05) is 0 Å². The maximum Gasteiger partial charge on any atom is 0.137 e. The molecular formula is C20H24N2O5. The summed E-state index contributed by atoms with van der Waals surface area (Å²) in [5.41, 5.74) is 0.357. The summed E-state index contributed by atoms with van der Waals surface area (Å²) in [6.07, 6.45) is 2.00. The molecule has 0 saturated heterocycles. The van der Waals surface area contributed by atoms with Gasteiger partial charge in [0.1, 0.15) is 35.8 Å². The first kappa shape index (κ1) is 20.5. The highest BCUT2D eigenvalue weighted by Gasteiger charge is 2.42. The molecule has 1 aromatic rings. The number of nitriles is 1. The molecule has 0 fully saturated rings. The van der Waals surface area contributed by atoms with Crippen molar-refractivity contribution in [3.63, 3.8) is 0 Å². The van der Waals surface area contributed by atoms with Crippen molar-refractivity contribution in [2.24, 2.45) is 0 Å². The summed E-state index contributed by atoms with van der Waals surface area (Å²) in [7, 11) is 0. The van der Waals surface area contributed by atoms with Crippen molar-refractivity contribution in [2.45, 2.75) is 38.5 Å². The van der Waals surface area contributed by atoms with Crippen LogP contribution in [0.5, 0.6) is 5.75 Å². The molecule has 1 aromatic carbocycles. The molecular weight excluding hydrogens is 348 g/mol. The highest BCUT2D eigenvalue weighted by molar-refractivity contribution is 5.46. The van der Waals surface area contributed by atoms with Crippen molar-refractivity contribution >= 4 is 5.94 Å². The van der Waals surface area contributed by atoms with Gasteiger partial charge in [-0.3, -0.25) is 0 Å². The predicted molar refractivity (Wildman–Crippen MR) is 98.5 cm³/mol. The molecule has 0 aliphatic carbocycles. The van der Waals surface area contributed by atoms with Crippen LogP contribution in [0.25, 0.3) is 0 Å². The highest BCUT2D eigenvalue weighted by Crippen LogP contribution is 2.40. The Morgan fingerprint density at radius 2 is 2.26 bits per heavy atom. The zero-order valence-electron chi connectivity index (χ0n) is 15.7. The molecule has 0 aromatic heterocycles. The van der Waals surface area contributed by atoms with Gasteiger partial charge in [0.05, 0.1) is 30.9 Å². The molecule has 144 valence electrons. The third-order valence-electron chi connectivity index (χ3n) is 4.16. The molecule has 0 saturated carbocycles. The maximum absolute atomic E-state index is 10.8. The first-order valence-corrected chi connectivity index (χ1v) is 8.69. The Balaban J connectivity index is 2.26. The van der Waals surface area contributed by atoms with Crippen LogP contribution in [0, 0.1) is 11.3 Å². The molecule has 1 aliphatic heterocycles. The van der Waals surface area contributed by atoms with Crippen LogP contribution >= 0.6 is 0 Å². The van der Waals surface area contributed by atoms with E-state index in [-0.39, 0.29) is 13.2 Å². The van der Waals surface area contributed by atoms with Gasteiger partial charge in [-0.2, -0.15) is 5.26 Å². The van der Waals surface area contributed by atoms with Gasteiger partial charge < -0.3 is 24.6 Å². The van der Waals surface area contributed by atoms with E-state index in [1.807, 2.05) is 6.92 Å². The smallest absolute Gasteiger partial charge is 0.137 e. The normalized spacial score (nSPS) is 20.5. The molecule has 0 bridgehead atoms. The Morgan fingerprint density at radius 1 is 1.48 bits per heavy atom. The molecule has 0 amide bonds. The number of nitrogens with zero attached hydrogens (tertiary/aromatic N) is 1. The van der Waals surface area contributed by atoms with Crippen LogP contribution in [0.2, 0.25) is 0 Å². The molecule has 7 nitrogen and oxygen atoms in total. The average molecular weight is 372 g/mol. The zero-order chi connectivity index (χ0) is 19.9. The molecule has 2 rings (SSSR count). The van der Waals surface area contributed by atoms with E-state index < -0.39 is 17.7 Å². The minimum absolute atomic E-state index is 0.134. The van der Waals surface area contributed by atoms with Crippen LogP contribution in [-0.2, 0) is 14.3 Å². The van der Waals surface area contributed by atoms with E-state index in [9.17, 15) is 15.2 Å². The monoisotopic (exact) mass is 372 g/mol. The predicted octanol–water partition coefficient (Wildman–Crippen LogP) is 2.00. The van der Waals surface area contributed by atoms with E-state index in [0.29, 0.717) is 29.2 Å². The van der Waals surface area contributed by atoms with Gasteiger partial charge in [0.15, 0.2) is 0 Å². The van der Waals surface area contributed by atoms with Gasteiger partial charge in [0.2, 0.25) is 0 Å². The molecule has 0 spiro atoms. The first-order valence-electron chi connectivity index (χ1n) is 8.69. The van der Waals surface area contributed by atoms with Crippen molar-refractivity contribution in [3.8, 4) is 11.8 Å². The van der Waals surface area contributed by atoms with Gasteiger partial charge in [-0.25, -0.2) is 4.79 Å². The number of carbonyl (C=O) groups excluding carboxylic acids is 1. The van der Waals surface area contributed by atoms with Crippen molar-refractivity contribution in [1.82, 2.24) is 5.32 Å². The van der Waals surface area contributed by atoms with Crippen LogP contribution in [0.4, 0.5) is 0 Å². The third-order valence-corrected chi connectivity index (χ3v) is 4.16. The molecule has 1 aliphatic rings. The number of nitrogens with one attached hydrogen (secondary N) is 1. The Hall–Kier alpha value is -2.78. The van der Waals surface area contributed by atoms with Gasteiger partial charge in [0.25, 0.3) is 0 Å². The minimum atomic E-state index is -0.864. The molecule has 2 N–H and O–H groups in total. The standard InChI is InChI=1S/C20H24N2O5/c1-4-26-15(13-25-9-5-8-23)12-22-18-16-10-14(11-21)6-7-17(16)27-20(2,3)19(18)24/h5-7,10,12,18-19,22,24H,4,9,13H2,1-3H3/b15-12+/t18-,19+/m1/s1. The number of fused-ring (bicyclic) bond motifs is 1. The largest absolute Gasteiger partial charge is 0.494 e. The van der Waals surface area contributed by atoms with Crippen LogP contribution in [-0.4, -0.2) is 42.6 Å². The van der Waals surface area contributed by atoms with Crippen molar-refractivity contribution < 1.29 is 24.1 Å². The van der Waals surface area contributed by atoms with E-state index in [1.54, 1.807) is 44.2 Å². The van der Waals surface area contributed by atoms with Crippen LogP contribution < -0.4 is 10.1 Å². The fourth-order valence-electron chi connectivity index (χ4n) is 2.80. The summed E-state index contributed by atoms with van der Waals surface area (Å²) < 4.78 is 16.7. The highest BCUT2D eigenvalue weighted by atomic mass is 16.5. The number of hydrogen-bond donors (Lipinski definition) is 2. The van der Waals surface area contributed by atoms with Gasteiger partial charge in [0, 0.05) is 17.8 Å². The zero-order valence-corrected chi connectivity index (χ0v) is 15.7. The number of rotatable bonds is 8. The van der Waals surface area contributed by atoms with E-state index in [0.717, 1.165) is 0 Å². The molecule has 7 heteroatoms. The second-order valence-electron chi connectivity index (χ2n) is 6.54. The summed E-state index contributed by atoms with van der Waals surface area (Å²) in [4.78, 5) is 10.2. The average Bonchev–Trinajstić information content (AvgIpc) is 2.65. The van der Waals surface area contributed by atoms with Crippen molar-refractivity contribution in [2.75, 3.05) is 19.8 Å². The SMILES string of the molecule is CCO/C(=C/N[C@@H]1c2cc(C#N)ccc2OC(C)(C)[C@H]1O)COCC=C=O. The lowest BCUT2D eigenvalue weighted by Crippen LogP contribution is -2.51. The summed E-state index contributed by atoms with van der Waals surface area (Å²) in [5.74, 6) is 2.78. The molecule has 2 atom stereocenters. The number of aliphatic hydroxyl groups is 1. The molecule has 1 heterocycles. The van der Waals surface area contributed by atoms with E-state index in [4.69, 9.17) is 14.2 Å². The van der Waals surface area contributed by atoms with E-state index >= 15 is 0 Å². The lowest BCUT2D eigenvalue weighted by molar-refractivity contribution is -0.0623. The maximum atomic E-state index is 10.8. The topological polar surface area (TPSA) is 101 Å². The fourth-order valence-corrected chi connectivity index (χ4v) is 2.80. The van der Waals surface area contributed by atoms with Crippen molar-refractivity contribution in [3.05, 3.63) is 47.4 Å². The Bertz CT molecular complexity index is 775. The van der Waals surface area contributed by atoms with Gasteiger partial charge in [-0.15, -0.1) is 0 Å². The van der Waals surface area contributed by atoms with Crippen LogP contribution in [0.1, 0.15) is 37.9 Å². The molecule has 27 heavy (non-hydrogen) atoms. The van der Waals surface area contributed by atoms with Crippen molar-refractivity contribution in [1.29, 1.82) is 5.26 Å². The van der Waals surface area contributed by atoms with Gasteiger partial charge >= 0.3 is 0 Å².